The van der Waals surface area contributed by atoms with Crippen LogP contribution in [0.1, 0.15) is 24.8 Å². The maximum Gasteiger partial charge on any atom is 0.271 e. The van der Waals surface area contributed by atoms with E-state index in [0.717, 1.165) is 48.6 Å². The van der Waals surface area contributed by atoms with E-state index in [1.54, 1.807) is 19.2 Å². The van der Waals surface area contributed by atoms with Gasteiger partial charge in [0.15, 0.2) is 6.54 Å². The number of amidine groups is 1. The minimum atomic E-state index is -1.14. The Kier molecular flexibility index (Phi) is 5.34. The molecule has 0 fully saturated rings. The smallest absolute Gasteiger partial charge is 0.271 e. The highest BCUT2D eigenvalue weighted by Crippen LogP contribution is 2.36. The number of aliphatic hydroxyl groups is 1. The van der Waals surface area contributed by atoms with Crippen molar-refractivity contribution in [2.24, 2.45) is 0 Å². The summed E-state index contributed by atoms with van der Waals surface area (Å²) in [5.41, 5.74) is 0.619. The van der Waals surface area contributed by atoms with E-state index in [4.69, 9.17) is 4.74 Å². The van der Waals surface area contributed by atoms with Crippen molar-refractivity contribution < 1.29 is 35.8 Å². The number of methoxy groups -OCH3 is 1. The van der Waals surface area contributed by atoms with Crippen LogP contribution in [0, 0.1) is 5.82 Å². The van der Waals surface area contributed by atoms with Gasteiger partial charge in [-0.05, 0) is 61.4 Å². The molecule has 1 atom stereocenters. The molecule has 2 aliphatic heterocycles. The van der Waals surface area contributed by atoms with Gasteiger partial charge in [-0.25, -0.2) is 13.9 Å². The predicted octanol–water partition coefficient (Wildman–Crippen LogP) is 0.0985. The number of rotatable bonds is 3. The molecule has 0 aliphatic carbocycles. The summed E-state index contributed by atoms with van der Waals surface area (Å²) in [7, 11) is 1.65. The van der Waals surface area contributed by atoms with Crippen molar-refractivity contribution in [2.45, 2.75) is 25.0 Å². The molecule has 2 aromatic rings. The van der Waals surface area contributed by atoms with Crippen LogP contribution in [0.25, 0.3) is 0 Å². The van der Waals surface area contributed by atoms with Gasteiger partial charge < -0.3 is 26.8 Å². The SMILES string of the molecule is COc1ccc(N2CC(O)(c3ccc(F)cc3)[N+]3=C2CCCC3)cc1.[Br-]. The molecule has 0 spiro atoms. The van der Waals surface area contributed by atoms with Crippen LogP contribution in [0.4, 0.5) is 10.1 Å². The standard InChI is InChI=1S/C20H22FN2O2.BrH/c1-25-18-11-9-17(10-12-18)22-14-20(24,15-5-7-16(21)8-6-15)23-13-3-2-4-19(22)23;/h5-12,24H,2-4,13-14H2,1H3;1H/q+1;/p-1. The first-order chi connectivity index (χ1) is 12.1. The third-order valence-corrected chi connectivity index (χ3v) is 5.17. The number of nitrogens with zero attached hydrogens (tertiary/aromatic N) is 2. The molecule has 2 heterocycles. The molecule has 1 unspecified atom stereocenters. The highest BCUT2D eigenvalue weighted by molar-refractivity contribution is 5.96. The van der Waals surface area contributed by atoms with Gasteiger partial charge in [0.1, 0.15) is 17.3 Å². The number of hydrogen-bond acceptors (Lipinski definition) is 3. The largest absolute Gasteiger partial charge is 1.00 e. The van der Waals surface area contributed by atoms with E-state index in [1.807, 2.05) is 24.3 Å². The summed E-state index contributed by atoms with van der Waals surface area (Å²) >= 11 is 0. The molecule has 2 aromatic carbocycles. The minimum Gasteiger partial charge on any atom is -1.00 e. The third kappa shape index (κ3) is 3.12. The van der Waals surface area contributed by atoms with Gasteiger partial charge in [0.2, 0.25) is 0 Å². The summed E-state index contributed by atoms with van der Waals surface area (Å²) in [6.07, 6.45) is 3.08. The molecular formula is C20H22BrFN2O2. The van der Waals surface area contributed by atoms with E-state index in [1.165, 1.54) is 12.1 Å². The lowest BCUT2D eigenvalue weighted by molar-refractivity contribution is -0.661. The molecule has 138 valence electrons. The minimum absolute atomic E-state index is 0. The molecule has 0 bridgehead atoms. The zero-order chi connectivity index (χ0) is 17.4. The summed E-state index contributed by atoms with van der Waals surface area (Å²) < 4.78 is 20.6. The van der Waals surface area contributed by atoms with Crippen molar-refractivity contribution in [2.75, 3.05) is 25.1 Å². The van der Waals surface area contributed by atoms with Crippen LogP contribution < -0.4 is 26.6 Å². The maximum atomic E-state index is 13.3. The molecule has 0 saturated heterocycles. The fourth-order valence-electron chi connectivity index (χ4n) is 3.86. The van der Waals surface area contributed by atoms with E-state index < -0.39 is 5.72 Å². The molecule has 4 nitrogen and oxygen atoms in total. The molecule has 26 heavy (non-hydrogen) atoms. The Morgan fingerprint density at radius 1 is 1.08 bits per heavy atom. The first-order valence-electron chi connectivity index (χ1n) is 8.65. The quantitative estimate of drug-likeness (QED) is 0.715. The Morgan fingerprint density at radius 2 is 1.77 bits per heavy atom. The number of benzene rings is 2. The van der Waals surface area contributed by atoms with Crippen molar-refractivity contribution in [3.63, 3.8) is 0 Å². The fraction of sp³-hybridized carbons (Fsp3) is 0.350. The number of halogens is 2. The summed E-state index contributed by atoms with van der Waals surface area (Å²) in [6.45, 7) is 1.23. The molecule has 0 aromatic heterocycles. The average Bonchev–Trinajstić information content (AvgIpc) is 2.97. The Balaban J connectivity index is 0.00000196. The van der Waals surface area contributed by atoms with Gasteiger partial charge in [-0.15, -0.1) is 0 Å². The van der Waals surface area contributed by atoms with Crippen molar-refractivity contribution in [1.29, 1.82) is 0 Å². The summed E-state index contributed by atoms with van der Waals surface area (Å²) in [5.74, 6) is 1.64. The van der Waals surface area contributed by atoms with Crippen molar-refractivity contribution in [1.82, 2.24) is 0 Å². The van der Waals surface area contributed by atoms with Crippen molar-refractivity contribution in [3.8, 4) is 5.75 Å². The van der Waals surface area contributed by atoms with Crippen LogP contribution in [0.2, 0.25) is 0 Å². The van der Waals surface area contributed by atoms with E-state index in [0.29, 0.717) is 6.54 Å². The topological polar surface area (TPSA) is 35.7 Å². The molecule has 2 aliphatic rings. The van der Waals surface area contributed by atoms with Crippen LogP contribution in [0.5, 0.6) is 5.75 Å². The van der Waals surface area contributed by atoms with Gasteiger partial charge in [0, 0.05) is 12.0 Å². The molecule has 0 radical (unpaired) electrons. The van der Waals surface area contributed by atoms with Crippen LogP contribution >= 0.6 is 0 Å². The first kappa shape index (κ1) is 18.9. The van der Waals surface area contributed by atoms with Gasteiger partial charge in [-0.2, -0.15) is 0 Å². The van der Waals surface area contributed by atoms with Crippen LogP contribution in [-0.2, 0) is 5.72 Å². The van der Waals surface area contributed by atoms with Gasteiger partial charge in [0.05, 0.1) is 13.7 Å². The third-order valence-electron chi connectivity index (χ3n) is 5.17. The zero-order valence-electron chi connectivity index (χ0n) is 14.7. The number of β-amino-alcohol motifs (C(OH)–C–C–N with tert-alkyl or cyclic N) is 1. The lowest BCUT2D eigenvalue weighted by Gasteiger charge is -2.24. The monoisotopic (exact) mass is 420 g/mol. The van der Waals surface area contributed by atoms with Crippen LogP contribution in [-0.4, -0.2) is 35.7 Å². The average molecular weight is 421 g/mol. The maximum absolute atomic E-state index is 13.3. The Hall–Kier alpha value is -1.92. The number of anilines is 1. The second-order valence-electron chi connectivity index (χ2n) is 6.63. The summed E-state index contributed by atoms with van der Waals surface area (Å²) in [5, 5.41) is 11.5. The van der Waals surface area contributed by atoms with Gasteiger partial charge in [-0.3, -0.25) is 0 Å². The first-order valence-corrected chi connectivity index (χ1v) is 8.65. The van der Waals surface area contributed by atoms with Crippen molar-refractivity contribution in [3.05, 3.63) is 59.9 Å². The molecular weight excluding hydrogens is 399 g/mol. The van der Waals surface area contributed by atoms with Crippen LogP contribution in [0.15, 0.2) is 48.5 Å². The second-order valence-corrected chi connectivity index (χ2v) is 6.63. The van der Waals surface area contributed by atoms with Gasteiger partial charge in [0.25, 0.3) is 11.6 Å². The zero-order valence-corrected chi connectivity index (χ0v) is 16.2. The Morgan fingerprint density at radius 3 is 2.42 bits per heavy atom. The molecule has 4 rings (SSSR count). The normalized spacial score (nSPS) is 22.0. The highest BCUT2D eigenvalue weighted by Gasteiger charge is 2.52. The van der Waals surface area contributed by atoms with Gasteiger partial charge >= 0.3 is 0 Å². The van der Waals surface area contributed by atoms with E-state index in [2.05, 4.69) is 9.48 Å². The Bertz CT molecular complexity index is 808. The summed E-state index contributed by atoms with van der Waals surface area (Å²) in [6, 6.07) is 14.1. The van der Waals surface area contributed by atoms with Gasteiger partial charge in [-0.1, -0.05) is 0 Å². The lowest BCUT2D eigenvalue weighted by atomic mass is 10.0. The van der Waals surface area contributed by atoms with E-state index in [-0.39, 0.29) is 22.8 Å². The predicted molar refractivity (Wildman–Crippen MR) is 94.6 cm³/mol. The van der Waals surface area contributed by atoms with E-state index in [9.17, 15) is 9.50 Å². The fourth-order valence-corrected chi connectivity index (χ4v) is 3.86. The van der Waals surface area contributed by atoms with E-state index >= 15 is 0 Å². The molecule has 0 saturated carbocycles. The molecule has 6 heteroatoms. The van der Waals surface area contributed by atoms with Crippen LogP contribution in [0.3, 0.4) is 0 Å². The van der Waals surface area contributed by atoms with Crippen molar-refractivity contribution >= 4 is 11.5 Å². The molecule has 1 N–H and O–H groups in total. The lowest BCUT2D eigenvalue weighted by Crippen LogP contribution is -3.00. The molecule has 0 amide bonds. The highest BCUT2D eigenvalue weighted by atomic mass is 79.9. The Labute approximate surface area is 163 Å². The second kappa shape index (κ2) is 7.37. The summed E-state index contributed by atoms with van der Waals surface area (Å²) in [4.78, 5) is 2.17. The number of ether oxygens (including phenoxy) is 1. The number of hydrogen-bond donors (Lipinski definition) is 1.